The summed E-state index contributed by atoms with van der Waals surface area (Å²) in [5.74, 6) is 1.56. The van der Waals surface area contributed by atoms with Crippen LogP contribution in [0.2, 0.25) is 5.02 Å². The Morgan fingerprint density at radius 1 is 0.923 bits per heavy atom. The molecule has 39 heavy (non-hydrogen) atoms. The topological polar surface area (TPSA) is 108 Å². The zero-order chi connectivity index (χ0) is 26.6. The van der Waals surface area contributed by atoms with Crippen molar-refractivity contribution in [3.05, 3.63) is 83.5 Å². The van der Waals surface area contributed by atoms with E-state index in [1.807, 2.05) is 47.5 Å². The zero-order valence-electron chi connectivity index (χ0n) is 21.2. The Labute approximate surface area is 231 Å². The molecule has 1 fully saturated rings. The molecular weight excluding hydrogens is 516 g/mol. The number of nitrogens with one attached hydrogen (secondary N) is 2. The SMILES string of the molecule is O=C(COc1ccc2cc1CCc1cncc(c1)Nc1ncc(Cl)c(n1)N2)N1CCN(c2ccncc2)CC1. The van der Waals surface area contributed by atoms with Crippen LogP contribution in [0.4, 0.5) is 28.8 Å². The average Bonchev–Trinajstić information content (AvgIpc) is 2.98. The molecule has 1 amide bonds. The predicted octanol–water partition coefficient (Wildman–Crippen LogP) is 4.23. The standard InChI is InChI=1S/C28H27ClN8O2/c29-24-17-32-28-34-22-13-19(15-31-16-22)1-2-20-14-21(33-27(24)35-28)3-4-25(20)39-18-26(38)37-11-9-36(10-12-37)23-5-7-30-8-6-23/h3-8,13-17H,1-2,9-12,18H2,(H2,32,33,34,35). The fraction of sp³-hybridized carbons (Fsp3) is 0.250. The Kier molecular flexibility index (Phi) is 7.09. The highest BCUT2D eigenvalue weighted by Crippen LogP contribution is 2.30. The van der Waals surface area contributed by atoms with Crippen molar-refractivity contribution < 1.29 is 9.53 Å². The van der Waals surface area contributed by atoms with Crippen LogP contribution in [-0.4, -0.2) is 63.5 Å². The number of piperazine rings is 1. The zero-order valence-corrected chi connectivity index (χ0v) is 21.9. The average molecular weight is 543 g/mol. The minimum atomic E-state index is -0.0216. The number of carbonyl (C=O) groups is 1. The van der Waals surface area contributed by atoms with Crippen molar-refractivity contribution in [1.82, 2.24) is 24.8 Å². The second-order valence-electron chi connectivity index (χ2n) is 9.41. The molecule has 6 rings (SSSR count). The summed E-state index contributed by atoms with van der Waals surface area (Å²) in [6.07, 6.45) is 10.1. The highest BCUT2D eigenvalue weighted by Gasteiger charge is 2.22. The number of ether oxygens (including phenoxy) is 1. The van der Waals surface area contributed by atoms with Gasteiger partial charge in [0.2, 0.25) is 5.95 Å². The number of hydrogen-bond donors (Lipinski definition) is 2. The maximum Gasteiger partial charge on any atom is 0.260 e. The number of anilines is 5. The van der Waals surface area contributed by atoms with Crippen LogP contribution in [0.3, 0.4) is 0 Å². The minimum Gasteiger partial charge on any atom is -0.483 e. The van der Waals surface area contributed by atoms with Gasteiger partial charge in [0.25, 0.3) is 5.91 Å². The van der Waals surface area contributed by atoms with E-state index in [1.165, 1.54) is 0 Å². The summed E-state index contributed by atoms with van der Waals surface area (Å²) < 4.78 is 6.09. The van der Waals surface area contributed by atoms with Crippen LogP contribution in [0.1, 0.15) is 11.1 Å². The molecule has 198 valence electrons. The largest absolute Gasteiger partial charge is 0.483 e. The van der Waals surface area contributed by atoms with Gasteiger partial charge in [-0.3, -0.25) is 14.8 Å². The molecule has 2 aliphatic rings. The summed E-state index contributed by atoms with van der Waals surface area (Å²) in [6, 6.07) is 11.8. The number of halogens is 1. The van der Waals surface area contributed by atoms with Gasteiger partial charge in [-0.2, -0.15) is 4.98 Å². The quantitative estimate of drug-likeness (QED) is 0.391. The third-order valence-electron chi connectivity index (χ3n) is 6.81. The minimum absolute atomic E-state index is 0.0168. The fourth-order valence-electron chi connectivity index (χ4n) is 4.75. The van der Waals surface area contributed by atoms with Crippen molar-refractivity contribution in [1.29, 1.82) is 0 Å². The van der Waals surface area contributed by atoms with Gasteiger partial charge in [0.05, 0.1) is 18.1 Å². The van der Waals surface area contributed by atoms with Crippen LogP contribution in [0, 0.1) is 0 Å². The van der Waals surface area contributed by atoms with Gasteiger partial charge in [-0.25, -0.2) is 4.98 Å². The van der Waals surface area contributed by atoms with Crippen LogP contribution in [0.15, 0.2) is 67.4 Å². The van der Waals surface area contributed by atoms with Crippen LogP contribution in [0.25, 0.3) is 0 Å². The molecule has 0 unspecified atom stereocenters. The highest BCUT2D eigenvalue weighted by molar-refractivity contribution is 6.32. The predicted molar refractivity (Wildman–Crippen MR) is 150 cm³/mol. The first-order valence-corrected chi connectivity index (χ1v) is 13.2. The summed E-state index contributed by atoms with van der Waals surface area (Å²) in [5, 5.41) is 6.87. The van der Waals surface area contributed by atoms with Gasteiger partial charge in [0.15, 0.2) is 12.4 Å². The number of hydrogen-bond acceptors (Lipinski definition) is 9. The summed E-state index contributed by atoms with van der Waals surface area (Å²) in [5.41, 5.74) is 4.75. The van der Waals surface area contributed by atoms with Crippen molar-refractivity contribution in [2.24, 2.45) is 0 Å². The van der Waals surface area contributed by atoms with Gasteiger partial charge in [-0.05, 0) is 60.4 Å². The molecule has 3 aromatic heterocycles. The molecule has 4 aromatic rings. The van der Waals surface area contributed by atoms with Gasteiger partial charge in [0.1, 0.15) is 10.8 Å². The molecule has 11 heteroatoms. The van der Waals surface area contributed by atoms with E-state index in [-0.39, 0.29) is 12.5 Å². The highest BCUT2D eigenvalue weighted by atomic mass is 35.5. The Balaban J connectivity index is 1.17. The molecule has 0 saturated carbocycles. The molecule has 5 heterocycles. The Bertz CT molecular complexity index is 1480. The Morgan fingerprint density at radius 2 is 1.77 bits per heavy atom. The van der Waals surface area contributed by atoms with Gasteiger partial charge < -0.3 is 25.2 Å². The number of amides is 1. The van der Waals surface area contributed by atoms with Crippen molar-refractivity contribution in [3.8, 4) is 5.75 Å². The third-order valence-corrected chi connectivity index (χ3v) is 7.09. The normalized spacial score (nSPS) is 14.7. The van der Waals surface area contributed by atoms with E-state index in [2.05, 4.69) is 35.5 Å². The second-order valence-corrected chi connectivity index (χ2v) is 9.81. The number of pyridine rings is 2. The van der Waals surface area contributed by atoms with E-state index < -0.39 is 0 Å². The lowest BCUT2D eigenvalue weighted by Gasteiger charge is -2.36. The molecule has 1 saturated heterocycles. The summed E-state index contributed by atoms with van der Waals surface area (Å²) in [6.45, 7) is 2.84. The number of fused-ring (bicyclic) bond motifs is 6. The number of rotatable bonds is 4. The van der Waals surface area contributed by atoms with Crippen LogP contribution >= 0.6 is 11.6 Å². The lowest BCUT2D eigenvalue weighted by Crippen LogP contribution is -2.50. The maximum absolute atomic E-state index is 13.0. The Hall–Kier alpha value is -4.44. The van der Waals surface area contributed by atoms with E-state index in [9.17, 15) is 4.79 Å². The number of carbonyl (C=O) groups excluding carboxylic acids is 1. The molecule has 6 bridgehead atoms. The lowest BCUT2D eigenvalue weighted by atomic mass is 10.0. The van der Waals surface area contributed by atoms with Crippen molar-refractivity contribution >= 4 is 46.3 Å². The monoisotopic (exact) mass is 542 g/mol. The van der Waals surface area contributed by atoms with Crippen LogP contribution in [0.5, 0.6) is 5.75 Å². The lowest BCUT2D eigenvalue weighted by molar-refractivity contribution is -0.133. The van der Waals surface area contributed by atoms with Crippen molar-refractivity contribution in [2.75, 3.05) is 48.3 Å². The van der Waals surface area contributed by atoms with Crippen LogP contribution in [-0.2, 0) is 17.6 Å². The molecular formula is C28H27ClN8O2. The smallest absolute Gasteiger partial charge is 0.260 e. The Morgan fingerprint density at radius 3 is 2.62 bits per heavy atom. The van der Waals surface area contributed by atoms with Crippen molar-refractivity contribution in [2.45, 2.75) is 12.8 Å². The number of benzene rings is 1. The van der Waals surface area contributed by atoms with Crippen molar-refractivity contribution in [3.63, 3.8) is 0 Å². The molecule has 0 atom stereocenters. The van der Waals surface area contributed by atoms with E-state index >= 15 is 0 Å². The molecule has 2 aliphatic heterocycles. The second kappa shape index (κ2) is 11.1. The van der Waals surface area contributed by atoms with Gasteiger partial charge >= 0.3 is 0 Å². The number of nitrogens with zero attached hydrogens (tertiary/aromatic N) is 6. The van der Waals surface area contributed by atoms with Gasteiger partial charge in [-0.1, -0.05) is 11.6 Å². The van der Waals surface area contributed by atoms with E-state index in [0.717, 1.165) is 47.7 Å². The first-order valence-electron chi connectivity index (χ1n) is 12.8. The maximum atomic E-state index is 13.0. The molecule has 1 aromatic carbocycles. The first kappa shape index (κ1) is 24.9. The molecule has 0 aliphatic carbocycles. The number of aryl methyl sites for hydroxylation is 2. The molecule has 0 spiro atoms. The molecule has 10 nitrogen and oxygen atoms in total. The van der Waals surface area contributed by atoms with Gasteiger partial charge in [0, 0.05) is 56.1 Å². The van der Waals surface area contributed by atoms with Crippen LogP contribution < -0.4 is 20.3 Å². The molecule has 2 N–H and O–H groups in total. The summed E-state index contributed by atoms with van der Waals surface area (Å²) in [7, 11) is 0. The van der Waals surface area contributed by atoms with E-state index in [0.29, 0.717) is 42.0 Å². The van der Waals surface area contributed by atoms with E-state index in [1.54, 1.807) is 24.8 Å². The fourth-order valence-corrected chi connectivity index (χ4v) is 4.88. The number of aromatic nitrogens is 4. The summed E-state index contributed by atoms with van der Waals surface area (Å²) in [4.78, 5) is 34.4. The van der Waals surface area contributed by atoms with E-state index in [4.69, 9.17) is 16.3 Å². The first-order chi connectivity index (χ1) is 19.1. The third kappa shape index (κ3) is 5.85. The van der Waals surface area contributed by atoms with Gasteiger partial charge in [-0.15, -0.1) is 0 Å². The molecule has 0 radical (unpaired) electrons. The summed E-state index contributed by atoms with van der Waals surface area (Å²) >= 11 is 6.37.